The van der Waals surface area contributed by atoms with Crippen LogP contribution in [-0.2, 0) is 13.1 Å². The maximum atomic E-state index is 5.34. The standard InChI is InChI=1S/C20H27N3O3/c1-14-8-16(10-17(9-14)24-3)13-23-20(21-2)22-12-15-6-7-18(25-4)19(11-15)26-5/h6-11H,12-13H2,1-5H3,(H2,21,22,23). The van der Waals surface area contributed by atoms with Crippen LogP contribution in [0.4, 0.5) is 0 Å². The first-order valence-corrected chi connectivity index (χ1v) is 8.39. The molecule has 0 aromatic heterocycles. The zero-order chi connectivity index (χ0) is 18.9. The van der Waals surface area contributed by atoms with Crippen LogP contribution in [0.25, 0.3) is 0 Å². The molecule has 0 unspecified atom stereocenters. The van der Waals surface area contributed by atoms with Gasteiger partial charge in [-0.2, -0.15) is 0 Å². The lowest BCUT2D eigenvalue weighted by molar-refractivity contribution is 0.354. The van der Waals surface area contributed by atoms with Gasteiger partial charge in [-0.15, -0.1) is 0 Å². The summed E-state index contributed by atoms with van der Waals surface area (Å²) in [5, 5.41) is 6.61. The molecule has 0 saturated carbocycles. The third-order valence-electron chi connectivity index (χ3n) is 3.94. The highest BCUT2D eigenvalue weighted by Gasteiger charge is 2.06. The van der Waals surface area contributed by atoms with Gasteiger partial charge in [0, 0.05) is 20.1 Å². The highest BCUT2D eigenvalue weighted by molar-refractivity contribution is 5.79. The number of rotatable bonds is 7. The molecule has 0 amide bonds. The van der Waals surface area contributed by atoms with Gasteiger partial charge in [0.1, 0.15) is 5.75 Å². The molecule has 26 heavy (non-hydrogen) atoms. The molecule has 0 aliphatic rings. The second kappa shape index (κ2) is 9.56. The van der Waals surface area contributed by atoms with Crippen LogP contribution in [0, 0.1) is 6.92 Å². The van der Waals surface area contributed by atoms with E-state index in [0.29, 0.717) is 24.6 Å². The molecule has 0 bridgehead atoms. The number of nitrogens with zero attached hydrogens (tertiary/aromatic N) is 1. The largest absolute Gasteiger partial charge is 0.497 e. The predicted molar refractivity (Wildman–Crippen MR) is 104 cm³/mol. The number of aryl methyl sites for hydroxylation is 1. The average Bonchev–Trinajstić information content (AvgIpc) is 2.67. The molecule has 0 saturated heterocycles. The van der Waals surface area contributed by atoms with Crippen molar-refractivity contribution in [2.24, 2.45) is 4.99 Å². The fourth-order valence-corrected chi connectivity index (χ4v) is 2.63. The lowest BCUT2D eigenvalue weighted by Gasteiger charge is -2.14. The first-order valence-electron chi connectivity index (χ1n) is 8.39. The van der Waals surface area contributed by atoms with Gasteiger partial charge in [-0.3, -0.25) is 4.99 Å². The van der Waals surface area contributed by atoms with E-state index in [2.05, 4.69) is 28.6 Å². The topological polar surface area (TPSA) is 64.1 Å². The fraction of sp³-hybridized carbons (Fsp3) is 0.350. The van der Waals surface area contributed by atoms with E-state index >= 15 is 0 Å². The zero-order valence-corrected chi connectivity index (χ0v) is 16.1. The van der Waals surface area contributed by atoms with Crippen LogP contribution in [0.3, 0.4) is 0 Å². The number of hydrogen-bond donors (Lipinski definition) is 2. The van der Waals surface area contributed by atoms with Crippen LogP contribution in [0.5, 0.6) is 17.2 Å². The molecule has 0 heterocycles. The monoisotopic (exact) mass is 357 g/mol. The van der Waals surface area contributed by atoms with Crippen molar-refractivity contribution in [2.75, 3.05) is 28.4 Å². The van der Waals surface area contributed by atoms with Crippen LogP contribution in [-0.4, -0.2) is 34.3 Å². The summed E-state index contributed by atoms with van der Waals surface area (Å²) in [6, 6.07) is 12.0. The molecule has 140 valence electrons. The number of nitrogens with one attached hydrogen (secondary N) is 2. The van der Waals surface area contributed by atoms with Crippen molar-refractivity contribution in [1.82, 2.24) is 10.6 Å². The number of benzene rings is 2. The quantitative estimate of drug-likeness (QED) is 0.589. The van der Waals surface area contributed by atoms with Crippen LogP contribution < -0.4 is 24.8 Å². The fourth-order valence-electron chi connectivity index (χ4n) is 2.63. The molecule has 0 atom stereocenters. The molecule has 0 radical (unpaired) electrons. The minimum absolute atomic E-state index is 0.622. The van der Waals surface area contributed by atoms with Gasteiger partial charge in [0.25, 0.3) is 0 Å². The van der Waals surface area contributed by atoms with Crippen molar-refractivity contribution in [3.63, 3.8) is 0 Å². The maximum absolute atomic E-state index is 5.34. The van der Waals surface area contributed by atoms with Crippen molar-refractivity contribution in [3.05, 3.63) is 53.1 Å². The second-order valence-corrected chi connectivity index (χ2v) is 5.83. The number of guanidine groups is 1. The summed E-state index contributed by atoms with van der Waals surface area (Å²) < 4.78 is 15.9. The van der Waals surface area contributed by atoms with Gasteiger partial charge in [0.2, 0.25) is 0 Å². The molecule has 0 fully saturated rings. The third kappa shape index (κ3) is 5.31. The van der Waals surface area contributed by atoms with Crippen molar-refractivity contribution < 1.29 is 14.2 Å². The summed E-state index contributed by atoms with van der Waals surface area (Å²) in [6.45, 7) is 3.33. The summed E-state index contributed by atoms with van der Waals surface area (Å²) in [5.41, 5.74) is 3.37. The molecule has 2 N–H and O–H groups in total. The number of methoxy groups -OCH3 is 3. The summed E-state index contributed by atoms with van der Waals surface area (Å²) in [6.07, 6.45) is 0. The Morgan fingerprint density at radius 2 is 1.54 bits per heavy atom. The highest BCUT2D eigenvalue weighted by Crippen LogP contribution is 2.27. The number of ether oxygens (including phenoxy) is 3. The van der Waals surface area contributed by atoms with E-state index in [0.717, 1.165) is 28.4 Å². The third-order valence-corrected chi connectivity index (χ3v) is 3.94. The normalized spacial score (nSPS) is 11.0. The van der Waals surface area contributed by atoms with Crippen molar-refractivity contribution >= 4 is 5.96 Å². The van der Waals surface area contributed by atoms with Crippen LogP contribution in [0.2, 0.25) is 0 Å². The summed E-state index contributed by atoms with van der Waals surface area (Å²) >= 11 is 0. The minimum Gasteiger partial charge on any atom is -0.497 e. The van der Waals surface area contributed by atoms with Crippen molar-refractivity contribution in [3.8, 4) is 17.2 Å². The van der Waals surface area contributed by atoms with Crippen LogP contribution in [0.15, 0.2) is 41.4 Å². The Labute approximate surface area is 155 Å². The molecule has 0 aliphatic carbocycles. The molecular weight excluding hydrogens is 330 g/mol. The summed E-state index contributed by atoms with van der Waals surface area (Å²) in [7, 11) is 6.68. The van der Waals surface area contributed by atoms with Gasteiger partial charge in [0.15, 0.2) is 17.5 Å². The SMILES string of the molecule is CN=C(NCc1cc(C)cc(OC)c1)NCc1ccc(OC)c(OC)c1. The second-order valence-electron chi connectivity index (χ2n) is 5.83. The molecule has 0 aliphatic heterocycles. The number of hydrogen-bond acceptors (Lipinski definition) is 4. The summed E-state index contributed by atoms with van der Waals surface area (Å²) in [4.78, 5) is 4.27. The Morgan fingerprint density at radius 3 is 2.15 bits per heavy atom. The summed E-state index contributed by atoms with van der Waals surface area (Å²) in [5.74, 6) is 3.00. The highest BCUT2D eigenvalue weighted by atomic mass is 16.5. The molecule has 2 aromatic rings. The first-order chi connectivity index (χ1) is 12.6. The van der Waals surface area contributed by atoms with Gasteiger partial charge >= 0.3 is 0 Å². The number of aliphatic imine (C=N–C) groups is 1. The Hall–Kier alpha value is -2.89. The molecule has 6 nitrogen and oxygen atoms in total. The van der Waals surface area contributed by atoms with E-state index in [1.165, 1.54) is 0 Å². The van der Waals surface area contributed by atoms with Gasteiger partial charge in [0.05, 0.1) is 21.3 Å². The zero-order valence-electron chi connectivity index (χ0n) is 16.1. The lowest BCUT2D eigenvalue weighted by atomic mass is 10.1. The Balaban J connectivity index is 1.95. The van der Waals surface area contributed by atoms with Gasteiger partial charge in [-0.05, 0) is 47.9 Å². The van der Waals surface area contributed by atoms with E-state index in [-0.39, 0.29) is 0 Å². The van der Waals surface area contributed by atoms with Crippen molar-refractivity contribution in [1.29, 1.82) is 0 Å². The van der Waals surface area contributed by atoms with Gasteiger partial charge in [-0.25, -0.2) is 0 Å². The molecule has 0 spiro atoms. The Kier molecular flexibility index (Phi) is 7.14. The van der Waals surface area contributed by atoms with Crippen LogP contribution in [0.1, 0.15) is 16.7 Å². The van der Waals surface area contributed by atoms with Gasteiger partial charge in [-0.1, -0.05) is 12.1 Å². The minimum atomic E-state index is 0.622. The van der Waals surface area contributed by atoms with Gasteiger partial charge < -0.3 is 24.8 Å². The van der Waals surface area contributed by atoms with E-state index in [4.69, 9.17) is 14.2 Å². The maximum Gasteiger partial charge on any atom is 0.191 e. The van der Waals surface area contributed by atoms with E-state index in [1.807, 2.05) is 30.3 Å². The lowest BCUT2D eigenvalue weighted by Crippen LogP contribution is -2.36. The van der Waals surface area contributed by atoms with E-state index in [9.17, 15) is 0 Å². The van der Waals surface area contributed by atoms with E-state index < -0.39 is 0 Å². The first kappa shape index (κ1) is 19.4. The van der Waals surface area contributed by atoms with Crippen molar-refractivity contribution in [2.45, 2.75) is 20.0 Å². The van der Waals surface area contributed by atoms with E-state index in [1.54, 1.807) is 28.4 Å². The Bertz CT molecular complexity index is 760. The average molecular weight is 357 g/mol. The molecule has 6 heteroatoms. The predicted octanol–water partition coefficient (Wildman–Crippen LogP) is 2.89. The molecule has 2 aromatic carbocycles. The van der Waals surface area contributed by atoms with Crippen LogP contribution >= 0.6 is 0 Å². The Morgan fingerprint density at radius 1 is 0.846 bits per heavy atom. The molecule has 2 rings (SSSR count). The smallest absolute Gasteiger partial charge is 0.191 e. The molecular formula is C20H27N3O3.